The second-order valence-electron chi connectivity index (χ2n) is 21.5. The Morgan fingerprint density at radius 3 is 1.12 bits per heavy atom. The van der Waals surface area contributed by atoms with Crippen LogP contribution in [0.5, 0.6) is 0 Å². The number of hydrogen-bond acceptors (Lipinski definition) is 8. The fourth-order valence-corrected chi connectivity index (χ4v) is 10.9. The van der Waals surface area contributed by atoms with E-state index in [2.05, 4.69) is 191 Å². The SMILES string of the molecule is C.CC(=O)C(c1ccccc1)c1ccncc1.CC(=O)Cc1ccccc1.CCN(CC)c1ccc(N)cc1.CCN(CC)c1ccc(NC(=O)C(c2ccccc2)c2ccncc2)cc1.FB(F)F.[F-].c1ccc(C(c2ccccc2)(c2ccccc2)[n+]2ccccc2)cc1. The van der Waals surface area contributed by atoms with Gasteiger partial charge < -0.3 is 25.6 Å². The second kappa shape index (κ2) is 42.4. The zero-order valence-corrected chi connectivity index (χ0v) is 54.8. The van der Waals surface area contributed by atoms with Gasteiger partial charge in [-0.15, -0.1) is 0 Å². The van der Waals surface area contributed by atoms with Gasteiger partial charge in [0, 0.05) is 109 Å². The predicted molar refractivity (Wildman–Crippen MR) is 387 cm³/mol. The molecule has 0 aliphatic rings. The smallest absolute Gasteiger partial charge is 0.762 e. The quantitative estimate of drug-likeness (QED) is 0.0270. The molecule has 3 heterocycles. The van der Waals surface area contributed by atoms with Gasteiger partial charge in [0.15, 0.2) is 12.4 Å². The first kappa shape index (κ1) is 77.7. The summed E-state index contributed by atoms with van der Waals surface area (Å²) in [6.07, 6.45) is 11.7. The first-order valence-corrected chi connectivity index (χ1v) is 31.5. The molecule has 0 fully saturated rings. The van der Waals surface area contributed by atoms with Crippen molar-refractivity contribution >= 4 is 47.8 Å². The molecule has 0 radical (unpaired) electrons. The summed E-state index contributed by atoms with van der Waals surface area (Å²) in [7, 11) is -3.67. The molecule has 0 spiro atoms. The first-order chi connectivity index (χ1) is 45.7. The molecule has 11 aromatic rings. The van der Waals surface area contributed by atoms with Crippen LogP contribution in [0.1, 0.15) is 105 Å². The van der Waals surface area contributed by atoms with E-state index in [-0.39, 0.29) is 41.4 Å². The molecule has 1 amide bonds. The van der Waals surface area contributed by atoms with Gasteiger partial charge in [0.05, 0.1) is 11.8 Å². The molecule has 8 aromatic carbocycles. The molecule has 2 atom stereocenters. The van der Waals surface area contributed by atoms with Crippen LogP contribution in [0.4, 0.5) is 35.7 Å². The number of halogens is 4. The number of pyridine rings is 3. The maximum Gasteiger partial charge on any atom is 0.762 e. The Hall–Kier alpha value is -10.8. The maximum atomic E-state index is 13.1. The summed E-state index contributed by atoms with van der Waals surface area (Å²) in [4.78, 5) is 48.0. The van der Waals surface area contributed by atoms with E-state index in [0.29, 0.717) is 6.42 Å². The molecule has 96 heavy (non-hydrogen) atoms. The van der Waals surface area contributed by atoms with Crippen LogP contribution in [-0.4, -0.2) is 61.2 Å². The number of anilines is 4. The van der Waals surface area contributed by atoms with E-state index in [1.807, 2.05) is 152 Å². The van der Waals surface area contributed by atoms with Gasteiger partial charge in [0.2, 0.25) is 11.4 Å². The number of nitrogens with two attached hydrogens (primary N) is 1. The van der Waals surface area contributed by atoms with Crippen LogP contribution in [0.15, 0.2) is 310 Å². The van der Waals surface area contributed by atoms with Gasteiger partial charge in [0.25, 0.3) is 0 Å². The number of rotatable bonds is 19. The van der Waals surface area contributed by atoms with Gasteiger partial charge in [0.1, 0.15) is 11.6 Å². The molecule has 0 aliphatic carbocycles. The Morgan fingerprint density at radius 2 is 0.771 bits per heavy atom. The van der Waals surface area contributed by atoms with Crippen molar-refractivity contribution in [2.75, 3.05) is 47.0 Å². The van der Waals surface area contributed by atoms with Crippen LogP contribution in [-0.2, 0) is 26.3 Å². The molecule has 10 nitrogen and oxygen atoms in total. The van der Waals surface area contributed by atoms with Crippen LogP contribution in [0.3, 0.4) is 0 Å². The minimum Gasteiger partial charge on any atom is -1.00 e. The number of carbonyl (C=O) groups excluding carboxylic acids is 3. The van der Waals surface area contributed by atoms with E-state index >= 15 is 0 Å². The zero-order valence-electron chi connectivity index (χ0n) is 54.8. The number of Topliss-reactive ketones (excluding diaryl/α,β-unsaturated/α-hetero) is 2. The number of hydrogen-bond donors (Lipinski definition) is 2. The summed E-state index contributed by atoms with van der Waals surface area (Å²) in [6, 6.07) is 91.3. The minimum atomic E-state index is -3.67. The highest BCUT2D eigenvalue weighted by molar-refractivity contribution is 6.33. The van der Waals surface area contributed by atoms with Crippen LogP contribution in [0, 0.1) is 0 Å². The highest BCUT2D eigenvalue weighted by Gasteiger charge is 2.45. The molecule has 496 valence electrons. The third-order valence-corrected chi connectivity index (χ3v) is 15.3. The molecule has 15 heteroatoms. The van der Waals surface area contributed by atoms with Crippen molar-refractivity contribution < 1.29 is 36.6 Å². The number of nitrogens with one attached hydrogen (secondary N) is 1. The molecular formula is C81H88BF4N7O3. The minimum absolute atomic E-state index is 0. The van der Waals surface area contributed by atoms with Gasteiger partial charge in [-0.25, -0.2) is 0 Å². The van der Waals surface area contributed by atoms with Crippen molar-refractivity contribution in [3.8, 4) is 0 Å². The Balaban J connectivity index is 0.000000261. The Kier molecular flexibility index (Phi) is 34.3. The van der Waals surface area contributed by atoms with Crippen LogP contribution >= 0.6 is 0 Å². The Morgan fingerprint density at radius 1 is 0.458 bits per heavy atom. The standard InChI is InChI=1S/C24H20N.C23H25N3O.C14H13NO.C10H16N2.C9H10O.CH4.BF3.FH/c1-5-13-21(14-6-1)24(22-15-7-2-8-16-22,23-17-9-3-10-18-23)25-19-11-4-12-20-25;1-3-26(4-2)21-12-10-20(11-13-21)25-23(27)22(18-8-6-5-7-9-18)19-14-16-24-17-15-19;1-11(16)14(12-5-3-2-4-6-12)13-7-9-15-10-8-13;1-3-12(4-2)10-7-5-9(11)6-8-10;1-8(10)7-9-5-3-2-4-6-9;;2-1(3)4;/h1-20H;5-17,22H,3-4H2,1-2H3,(H,25,27);2-10,14H,1H3;5-8H,3-4,11H2,1-2H3;2-6H,7H2,1H3;1H4;;1H/q+1;;;;;;;/p-1. The molecule has 3 aromatic heterocycles. The largest absolute Gasteiger partial charge is 1.00 e. The van der Waals surface area contributed by atoms with E-state index in [1.165, 1.54) is 22.4 Å². The number of carbonyl (C=O) groups is 3. The van der Waals surface area contributed by atoms with E-state index in [0.717, 1.165) is 71.1 Å². The highest BCUT2D eigenvalue weighted by atomic mass is 19.4. The lowest BCUT2D eigenvalue weighted by atomic mass is 9.76. The first-order valence-electron chi connectivity index (χ1n) is 31.5. The lowest BCUT2D eigenvalue weighted by Crippen LogP contribution is -3.00. The van der Waals surface area contributed by atoms with Crippen LogP contribution in [0.2, 0.25) is 0 Å². The van der Waals surface area contributed by atoms with Crippen molar-refractivity contribution in [3.05, 3.63) is 355 Å². The maximum absolute atomic E-state index is 13.1. The Labute approximate surface area is 566 Å². The topological polar surface area (TPSA) is 125 Å². The predicted octanol–water partition coefficient (Wildman–Crippen LogP) is 14.8. The lowest BCUT2D eigenvalue weighted by molar-refractivity contribution is -0.734. The average molecular weight is 1290 g/mol. The van der Waals surface area contributed by atoms with Gasteiger partial charge in [-0.1, -0.05) is 195 Å². The van der Waals surface area contributed by atoms with E-state index in [9.17, 15) is 27.3 Å². The van der Waals surface area contributed by atoms with Crippen LogP contribution in [0.25, 0.3) is 0 Å². The summed E-state index contributed by atoms with van der Waals surface area (Å²) in [5, 5.41) is 3.06. The highest BCUT2D eigenvalue weighted by Crippen LogP contribution is 2.36. The fraction of sp³-hybridized carbons (Fsp3) is 0.185. The average Bonchev–Trinajstić information content (AvgIpc) is 0.740. The Bertz CT molecular complexity index is 3610. The number of ketones is 2. The number of nitrogens with zero attached hydrogens (tertiary/aromatic N) is 5. The van der Waals surface area contributed by atoms with E-state index < -0.39 is 13.1 Å². The third kappa shape index (κ3) is 24.0. The molecule has 3 N–H and O–H groups in total. The summed E-state index contributed by atoms with van der Waals surface area (Å²) < 4.78 is 31.3. The normalized spacial score (nSPS) is 10.7. The fourth-order valence-electron chi connectivity index (χ4n) is 10.9. The van der Waals surface area contributed by atoms with Gasteiger partial charge >= 0.3 is 7.54 Å². The van der Waals surface area contributed by atoms with Crippen LogP contribution < -0.4 is 30.1 Å². The second-order valence-corrected chi connectivity index (χ2v) is 21.5. The molecular weight excluding hydrogens is 1210 g/mol. The van der Waals surface area contributed by atoms with Crippen molar-refractivity contribution in [2.24, 2.45) is 0 Å². The number of aromatic nitrogens is 3. The summed E-state index contributed by atoms with van der Waals surface area (Å²) in [6.45, 7) is 15.8. The molecule has 0 aliphatic heterocycles. The number of nitrogen functional groups attached to an aromatic ring is 1. The monoisotopic (exact) mass is 1290 g/mol. The van der Waals surface area contributed by atoms with Crippen molar-refractivity contribution in [1.82, 2.24) is 9.97 Å². The summed E-state index contributed by atoms with van der Waals surface area (Å²) >= 11 is 0. The zero-order chi connectivity index (χ0) is 67.3. The number of benzene rings is 8. The van der Waals surface area contributed by atoms with Crippen molar-refractivity contribution in [3.63, 3.8) is 0 Å². The van der Waals surface area contributed by atoms with Gasteiger partial charge in [-0.2, -0.15) is 4.57 Å². The molecule has 0 bridgehead atoms. The molecule has 11 rings (SSSR count). The molecule has 2 unspecified atom stereocenters. The van der Waals surface area contributed by atoms with Gasteiger partial charge in [-0.05, 0) is 142 Å². The van der Waals surface area contributed by atoms with E-state index in [4.69, 9.17) is 5.73 Å². The summed E-state index contributed by atoms with van der Waals surface area (Å²) in [5.41, 5.74) is 17.9. The van der Waals surface area contributed by atoms with Gasteiger partial charge in [-0.3, -0.25) is 37.3 Å². The number of amides is 1. The summed E-state index contributed by atoms with van der Waals surface area (Å²) in [5.74, 6) is -0.243. The third-order valence-electron chi connectivity index (χ3n) is 15.3. The lowest BCUT2D eigenvalue weighted by Gasteiger charge is -2.30. The molecule has 0 saturated heterocycles. The van der Waals surface area contributed by atoms with Crippen molar-refractivity contribution in [1.29, 1.82) is 0 Å². The van der Waals surface area contributed by atoms with Crippen molar-refractivity contribution in [2.45, 2.75) is 72.8 Å². The van der Waals surface area contributed by atoms with E-state index in [1.54, 1.807) is 38.6 Å². The molecule has 0 saturated carbocycles.